The maximum atomic E-state index is 13.0. The standard InChI is InChI=1S/C20H24N2O3/c1-2-24-17-12-20(25-13-17)8-4-10-22(14-20)19(23)16-6-7-18-15(11-16)5-3-9-21-18/h3,5-7,9,11,17H,2,4,8,10,12-14H2,1H3/t17-,20+/m0/s1. The molecule has 2 saturated heterocycles. The van der Waals surface area contributed by atoms with Crippen molar-refractivity contribution in [3.8, 4) is 0 Å². The van der Waals surface area contributed by atoms with Gasteiger partial charge in [0, 0.05) is 36.7 Å². The lowest BCUT2D eigenvalue weighted by Crippen LogP contribution is -2.50. The molecule has 0 aliphatic carbocycles. The molecule has 0 bridgehead atoms. The molecule has 2 aromatic rings. The third-order valence-corrected chi connectivity index (χ3v) is 5.25. The van der Waals surface area contributed by atoms with Crippen molar-refractivity contribution in [2.45, 2.75) is 37.9 Å². The van der Waals surface area contributed by atoms with Crippen LogP contribution in [0.25, 0.3) is 10.9 Å². The van der Waals surface area contributed by atoms with Gasteiger partial charge < -0.3 is 14.4 Å². The van der Waals surface area contributed by atoms with Crippen molar-refractivity contribution in [1.82, 2.24) is 9.88 Å². The summed E-state index contributed by atoms with van der Waals surface area (Å²) in [6, 6.07) is 9.61. The molecule has 1 amide bonds. The van der Waals surface area contributed by atoms with Crippen molar-refractivity contribution < 1.29 is 14.3 Å². The highest BCUT2D eigenvalue weighted by molar-refractivity contribution is 5.98. The minimum Gasteiger partial charge on any atom is -0.376 e. The molecule has 0 N–H and O–H groups in total. The number of amides is 1. The van der Waals surface area contributed by atoms with Crippen LogP contribution < -0.4 is 0 Å². The van der Waals surface area contributed by atoms with Gasteiger partial charge in [-0.3, -0.25) is 9.78 Å². The Morgan fingerprint density at radius 2 is 2.36 bits per heavy atom. The quantitative estimate of drug-likeness (QED) is 0.862. The Labute approximate surface area is 147 Å². The average molecular weight is 340 g/mol. The van der Waals surface area contributed by atoms with Gasteiger partial charge in [-0.15, -0.1) is 0 Å². The van der Waals surface area contributed by atoms with Gasteiger partial charge in [0.05, 0.1) is 30.4 Å². The van der Waals surface area contributed by atoms with Crippen LogP contribution in [0, 0.1) is 0 Å². The summed E-state index contributed by atoms with van der Waals surface area (Å²) >= 11 is 0. The molecule has 1 spiro atoms. The van der Waals surface area contributed by atoms with Gasteiger partial charge in [0.2, 0.25) is 0 Å². The minimum absolute atomic E-state index is 0.0771. The van der Waals surface area contributed by atoms with Crippen LogP contribution in [0.5, 0.6) is 0 Å². The second-order valence-corrected chi connectivity index (χ2v) is 7.02. The summed E-state index contributed by atoms with van der Waals surface area (Å²) in [6.07, 6.45) is 4.78. The number of ether oxygens (including phenoxy) is 2. The van der Waals surface area contributed by atoms with E-state index in [9.17, 15) is 4.79 Å². The molecule has 3 heterocycles. The molecular weight excluding hydrogens is 316 g/mol. The Hall–Kier alpha value is -1.98. The molecule has 132 valence electrons. The van der Waals surface area contributed by atoms with Crippen molar-refractivity contribution >= 4 is 16.8 Å². The lowest BCUT2D eigenvalue weighted by molar-refractivity contribution is -0.0462. The summed E-state index contributed by atoms with van der Waals surface area (Å²) < 4.78 is 11.8. The van der Waals surface area contributed by atoms with E-state index >= 15 is 0 Å². The number of aromatic nitrogens is 1. The molecule has 2 fully saturated rings. The molecule has 1 aromatic heterocycles. The topological polar surface area (TPSA) is 51.7 Å². The normalized spacial score (nSPS) is 26.4. The van der Waals surface area contributed by atoms with E-state index in [0.717, 1.165) is 42.3 Å². The van der Waals surface area contributed by atoms with E-state index < -0.39 is 0 Å². The number of piperidine rings is 1. The first kappa shape index (κ1) is 16.5. The Kier molecular flexibility index (Phi) is 4.44. The molecule has 5 heteroatoms. The predicted octanol–water partition coefficient (Wildman–Crippen LogP) is 3.04. The van der Waals surface area contributed by atoms with Crippen LogP contribution in [-0.4, -0.2) is 53.8 Å². The Bertz CT molecular complexity index is 778. The lowest BCUT2D eigenvalue weighted by atomic mass is 9.89. The summed E-state index contributed by atoms with van der Waals surface area (Å²) in [7, 11) is 0. The van der Waals surface area contributed by atoms with Gasteiger partial charge in [0.15, 0.2) is 0 Å². The van der Waals surface area contributed by atoms with Crippen LogP contribution in [0.1, 0.15) is 36.5 Å². The molecule has 0 unspecified atom stereocenters. The summed E-state index contributed by atoms with van der Waals surface area (Å²) in [4.78, 5) is 19.3. The molecule has 2 aliphatic rings. The van der Waals surface area contributed by atoms with Crippen LogP contribution in [-0.2, 0) is 9.47 Å². The van der Waals surface area contributed by atoms with Crippen LogP contribution in [0.2, 0.25) is 0 Å². The Morgan fingerprint density at radius 1 is 1.44 bits per heavy atom. The average Bonchev–Trinajstić information content (AvgIpc) is 3.03. The van der Waals surface area contributed by atoms with Gasteiger partial charge >= 0.3 is 0 Å². The van der Waals surface area contributed by atoms with Gasteiger partial charge in [-0.1, -0.05) is 6.07 Å². The third-order valence-electron chi connectivity index (χ3n) is 5.25. The van der Waals surface area contributed by atoms with Crippen molar-refractivity contribution in [3.63, 3.8) is 0 Å². The maximum Gasteiger partial charge on any atom is 0.253 e. The first-order chi connectivity index (χ1) is 12.2. The zero-order valence-corrected chi connectivity index (χ0v) is 14.6. The van der Waals surface area contributed by atoms with Crippen LogP contribution in [0.3, 0.4) is 0 Å². The summed E-state index contributed by atoms with van der Waals surface area (Å²) in [5.74, 6) is 0.0771. The fourth-order valence-corrected chi connectivity index (χ4v) is 4.09. The number of benzene rings is 1. The predicted molar refractivity (Wildman–Crippen MR) is 95.6 cm³/mol. The van der Waals surface area contributed by atoms with E-state index in [4.69, 9.17) is 9.47 Å². The molecule has 1 aromatic carbocycles. The van der Waals surface area contributed by atoms with E-state index in [1.165, 1.54) is 0 Å². The molecule has 0 saturated carbocycles. The number of hydrogen-bond acceptors (Lipinski definition) is 4. The second-order valence-electron chi connectivity index (χ2n) is 7.02. The number of carbonyl (C=O) groups excluding carboxylic acids is 1. The van der Waals surface area contributed by atoms with Gasteiger partial charge in [0.1, 0.15) is 0 Å². The summed E-state index contributed by atoms with van der Waals surface area (Å²) in [5, 5.41) is 0.994. The van der Waals surface area contributed by atoms with Crippen LogP contribution in [0.15, 0.2) is 36.5 Å². The summed E-state index contributed by atoms with van der Waals surface area (Å²) in [6.45, 7) is 4.79. The number of nitrogens with zero attached hydrogens (tertiary/aromatic N) is 2. The van der Waals surface area contributed by atoms with Gasteiger partial charge in [-0.25, -0.2) is 0 Å². The first-order valence-corrected chi connectivity index (χ1v) is 9.09. The number of carbonyl (C=O) groups is 1. The summed E-state index contributed by atoms with van der Waals surface area (Å²) in [5.41, 5.74) is 1.40. The SMILES string of the molecule is CCO[C@@H]1CO[C@]2(CCCN(C(=O)c3ccc4ncccc4c3)C2)C1. The van der Waals surface area contributed by atoms with E-state index in [1.807, 2.05) is 42.2 Å². The zero-order chi connectivity index (χ0) is 17.3. The molecule has 25 heavy (non-hydrogen) atoms. The highest BCUT2D eigenvalue weighted by atomic mass is 16.6. The molecule has 2 atom stereocenters. The number of hydrogen-bond donors (Lipinski definition) is 0. The monoisotopic (exact) mass is 340 g/mol. The van der Waals surface area contributed by atoms with Crippen molar-refractivity contribution in [2.75, 3.05) is 26.3 Å². The van der Waals surface area contributed by atoms with E-state index in [2.05, 4.69) is 4.98 Å². The maximum absolute atomic E-state index is 13.0. The highest BCUT2D eigenvalue weighted by Gasteiger charge is 2.44. The van der Waals surface area contributed by atoms with Crippen LogP contribution >= 0.6 is 0 Å². The largest absolute Gasteiger partial charge is 0.376 e. The van der Waals surface area contributed by atoms with Crippen molar-refractivity contribution in [1.29, 1.82) is 0 Å². The van der Waals surface area contributed by atoms with E-state index in [0.29, 0.717) is 19.8 Å². The smallest absolute Gasteiger partial charge is 0.253 e. The van der Waals surface area contributed by atoms with E-state index in [-0.39, 0.29) is 17.6 Å². The molecule has 0 radical (unpaired) electrons. The lowest BCUT2D eigenvalue weighted by Gasteiger charge is -2.39. The number of likely N-dealkylation sites (tertiary alicyclic amines) is 1. The molecule has 2 aliphatic heterocycles. The third kappa shape index (κ3) is 3.26. The number of fused-ring (bicyclic) bond motifs is 1. The van der Waals surface area contributed by atoms with Crippen molar-refractivity contribution in [3.05, 3.63) is 42.1 Å². The second kappa shape index (κ2) is 6.73. The van der Waals surface area contributed by atoms with E-state index in [1.54, 1.807) is 6.20 Å². The first-order valence-electron chi connectivity index (χ1n) is 9.09. The van der Waals surface area contributed by atoms with Crippen molar-refractivity contribution in [2.24, 2.45) is 0 Å². The Balaban J connectivity index is 1.51. The molecule has 4 rings (SSSR count). The Morgan fingerprint density at radius 3 is 3.24 bits per heavy atom. The fourth-order valence-electron chi connectivity index (χ4n) is 4.09. The highest BCUT2D eigenvalue weighted by Crippen LogP contribution is 2.36. The number of pyridine rings is 1. The zero-order valence-electron chi connectivity index (χ0n) is 14.6. The van der Waals surface area contributed by atoms with Gasteiger partial charge in [-0.2, -0.15) is 0 Å². The van der Waals surface area contributed by atoms with Gasteiger partial charge in [0.25, 0.3) is 5.91 Å². The van der Waals surface area contributed by atoms with Gasteiger partial charge in [-0.05, 0) is 44.0 Å². The molecule has 5 nitrogen and oxygen atoms in total. The number of rotatable bonds is 3. The van der Waals surface area contributed by atoms with Crippen LogP contribution in [0.4, 0.5) is 0 Å². The fraction of sp³-hybridized carbons (Fsp3) is 0.500. The molecular formula is C20H24N2O3. The minimum atomic E-state index is -0.230.